The lowest BCUT2D eigenvalue weighted by Gasteiger charge is -2.15. The molecule has 0 spiro atoms. The van der Waals surface area contributed by atoms with E-state index in [2.05, 4.69) is 26.9 Å². The van der Waals surface area contributed by atoms with E-state index in [1.165, 1.54) is 23.8 Å². The first kappa shape index (κ1) is 18.1. The van der Waals surface area contributed by atoms with Crippen LogP contribution in [0.15, 0.2) is 24.3 Å². The van der Waals surface area contributed by atoms with Crippen molar-refractivity contribution in [3.05, 3.63) is 40.4 Å². The van der Waals surface area contributed by atoms with Crippen LogP contribution < -0.4 is 10.6 Å². The van der Waals surface area contributed by atoms with E-state index in [-0.39, 0.29) is 11.8 Å². The van der Waals surface area contributed by atoms with Gasteiger partial charge >= 0.3 is 0 Å². The van der Waals surface area contributed by atoms with Crippen LogP contribution in [-0.2, 0) is 16.0 Å². The summed E-state index contributed by atoms with van der Waals surface area (Å²) in [7, 11) is 0. The van der Waals surface area contributed by atoms with Crippen LogP contribution in [0.3, 0.4) is 0 Å². The second kappa shape index (κ2) is 8.54. The van der Waals surface area contributed by atoms with Gasteiger partial charge in [-0.15, -0.1) is 10.2 Å². The van der Waals surface area contributed by atoms with Gasteiger partial charge in [-0.05, 0) is 18.9 Å². The standard InChI is InChI=1S/C17H22N4O2S/c1-4-6-14(18-12(3)22)16(23)19-17-21-20-15(24-17)10-13-8-5-7-11(2)9-13/h5,7-9,14H,4,6,10H2,1-3H3,(H,18,22)(H,19,21,23). The highest BCUT2D eigenvalue weighted by Gasteiger charge is 2.20. The van der Waals surface area contributed by atoms with Crippen LogP contribution in [0.2, 0.25) is 0 Å². The maximum atomic E-state index is 12.3. The van der Waals surface area contributed by atoms with Crippen molar-refractivity contribution >= 4 is 28.3 Å². The number of aromatic nitrogens is 2. The molecule has 0 aliphatic rings. The molecule has 0 saturated heterocycles. The molecule has 1 unspecified atom stereocenters. The first-order chi connectivity index (χ1) is 11.5. The molecule has 1 heterocycles. The first-order valence-electron chi connectivity index (χ1n) is 7.93. The van der Waals surface area contributed by atoms with Gasteiger partial charge in [0.2, 0.25) is 16.9 Å². The van der Waals surface area contributed by atoms with Gasteiger partial charge in [0.25, 0.3) is 0 Å². The molecule has 7 heteroatoms. The molecule has 0 bridgehead atoms. The molecule has 1 atom stereocenters. The second-order valence-electron chi connectivity index (χ2n) is 5.70. The topological polar surface area (TPSA) is 84.0 Å². The lowest BCUT2D eigenvalue weighted by atomic mass is 10.1. The van der Waals surface area contributed by atoms with Gasteiger partial charge in [0.15, 0.2) is 0 Å². The van der Waals surface area contributed by atoms with E-state index in [0.29, 0.717) is 18.0 Å². The predicted molar refractivity (Wildman–Crippen MR) is 95.0 cm³/mol. The van der Waals surface area contributed by atoms with Gasteiger partial charge in [-0.25, -0.2) is 0 Å². The number of hydrogen-bond acceptors (Lipinski definition) is 5. The summed E-state index contributed by atoms with van der Waals surface area (Å²) < 4.78 is 0. The number of rotatable bonds is 7. The van der Waals surface area contributed by atoms with Crippen LogP contribution in [-0.4, -0.2) is 28.1 Å². The zero-order chi connectivity index (χ0) is 17.5. The van der Waals surface area contributed by atoms with Crippen molar-refractivity contribution in [2.75, 3.05) is 5.32 Å². The number of carbonyl (C=O) groups excluding carboxylic acids is 2. The summed E-state index contributed by atoms with van der Waals surface area (Å²) in [6.07, 6.45) is 2.06. The number of carbonyl (C=O) groups is 2. The molecule has 1 aromatic carbocycles. The number of benzene rings is 1. The number of nitrogens with zero attached hydrogens (tertiary/aromatic N) is 2. The van der Waals surface area contributed by atoms with Crippen molar-refractivity contribution in [2.45, 2.75) is 46.1 Å². The van der Waals surface area contributed by atoms with Crippen LogP contribution in [0.25, 0.3) is 0 Å². The van der Waals surface area contributed by atoms with Gasteiger partial charge in [-0.2, -0.15) is 0 Å². The van der Waals surface area contributed by atoms with Crippen molar-refractivity contribution in [1.29, 1.82) is 0 Å². The van der Waals surface area contributed by atoms with Crippen LogP contribution in [0, 0.1) is 6.92 Å². The average molecular weight is 346 g/mol. The summed E-state index contributed by atoms with van der Waals surface area (Å²) in [4.78, 5) is 23.5. The van der Waals surface area contributed by atoms with E-state index in [0.717, 1.165) is 17.0 Å². The monoisotopic (exact) mass is 346 g/mol. The predicted octanol–water partition coefficient (Wildman–Crippen LogP) is 2.68. The maximum absolute atomic E-state index is 12.3. The van der Waals surface area contributed by atoms with Gasteiger partial charge in [0, 0.05) is 13.3 Å². The second-order valence-corrected chi connectivity index (χ2v) is 6.76. The van der Waals surface area contributed by atoms with Crippen molar-refractivity contribution < 1.29 is 9.59 Å². The number of amides is 2. The Morgan fingerprint density at radius 1 is 1.29 bits per heavy atom. The maximum Gasteiger partial charge on any atom is 0.248 e. The Balaban J connectivity index is 1.99. The molecule has 24 heavy (non-hydrogen) atoms. The molecule has 0 saturated carbocycles. The molecular formula is C17H22N4O2S. The lowest BCUT2D eigenvalue weighted by molar-refractivity contribution is -0.125. The van der Waals surface area contributed by atoms with E-state index in [9.17, 15) is 9.59 Å². The third-order valence-electron chi connectivity index (χ3n) is 3.41. The van der Waals surface area contributed by atoms with Crippen LogP contribution in [0.1, 0.15) is 42.8 Å². The van der Waals surface area contributed by atoms with Gasteiger partial charge in [0.1, 0.15) is 11.0 Å². The van der Waals surface area contributed by atoms with Crippen molar-refractivity contribution in [3.8, 4) is 0 Å². The zero-order valence-electron chi connectivity index (χ0n) is 14.1. The quantitative estimate of drug-likeness (QED) is 0.807. The van der Waals surface area contributed by atoms with Crippen LogP contribution >= 0.6 is 11.3 Å². The number of anilines is 1. The molecule has 0 aliphatic carbocycles. The molecule has 2 N–H and O–H groups in total. The Morgan fingerprint density at radius 2 is 2.08 bits per heavy atom. The highest BCUT2D eigenvalue weighted by atomic mass is 32.1. The number of hydrogen-bond donors (Lipinski definition) is 2. The van der Waals surface area contributed by atoms with E-state index in [4.69, 9.17) is 0 Å². The largest absolute Gasteiger partial charge is 0.345 e. The summed E-state index contributed by atoms with van der Waals surface area (Å²) >= 11 is 1.35. The normalized spacial score (nSPS) is 11.8. The third-order valence-corrected chi connectivity index (χ3v) is 4.24. The van der Waals surface area contributed by atoms with E-state index < -0.39 is 6.04 Å². The SMILES string of the molecule is CCCC(NC(C)=O)C(=O)Nc1nnc(Cc2cccc(C)c2)s1. The fourth-order valence-electron chi connectivity index (χ4n) is 2.37. The molecule has 2 amide bonds. The highest BCUT2D eigenvalue weighted by Crippen LogP contribution is 2.19. The Labute approximate surface area is 145 Å². The van der Waals surface area contributed by atoms with Gasteiger partial charge in [-0.1, -0.05) is 54.5 Å². The van der Waals surface area contributed by atoms with Crippen molar-refractivity contribution in [2.24, 2.45) is 0 Å². The van der Waals surface area contributed by atoms with Gasteiger partial charge < -0.3 is 5.32 Å². The molecule has 6 nitrogen and oxygen atoms in total. The molecule has 0 aliphatic heterocycles. The molecular weight excluding hydrogens is 324 g/mol. The summed E-state index contributed by atoms with van der Waals surface area (Å²) in [5.74, 6) is -0.480. The first-order valence-corrected chi connectivity index (χ1v) is 8.75. The van der Waals surface area contributed by atoms with Crippen LogP contribution in [0.5, 0.6) is 0 Å². The summed E-state index contributed by atoms with van der Waals surface area (Å²) in [5, 5.41) is 14.8. The molecule has 1 aromatic heterocycles. The van der Waals surface area contributed by atoms with Crippen LogP contribution in [0.4, 0.5) is 5.13 Å². The van der Waals surface area contributed by atoms with Crippen molar-refractivity contribution in [3.63, 3.8) is 0 Å². The molecule has 0 fully saturated rings. The van der Waals surface area contributed by atoms with Gasteiger partial charge in [-0.3, -0.25) is 14.9 Å². The fourth-order valence-corrected chi connectivity index (χ4v) is 3.14. The molecule has 2 rings (SSSR count). The number of aryl methyl sites for hydroxylation is 1. The molecule has 2 aromatic rings. The minimum Gasteiger partial charge on any atom is -0.345 e. The van der Waals surface area contributed by atoms with Gasteiger partial charge in [0.05, 0.1) is 0 Å². The Bertz CT molecular complexity index is 714. The Hall–Kier alpha value is -2.28. The van der Waals surface area contributed by atoms with E-state index >= 15 is 0 Å². The highest BCUT2D eigenvalue weighted by molar-refractivity contribution is 7.15. The fraction of sp³-hybridized carbons (Fsp3) is 0.412. The Morgan fingerprint density at radius 3 is 2.75 bits per heavy atom. The summed E-state index contributed by atoms with van der Waals surface area (Å²) in [5.41, 5.74) is 2.36. The minimum atomic E-state index is -0.545. The molecule has 0 radical (unpaired) electrons. The zero-order valence-corrected chi connectivity index (χ0v) is 14.9. The van der Waals surface area contributed by atoms with E-state index in [1.807, 2.05) is 32.0 Å². The van der Waals surface area contributed by atoms with Crippen molar-refractivity contribution in [1.82, 2.24) is 15.5 Å². The molecule has 128 valence electrons. The van der Waals surface area contributed by atoms with E-state index in [1.54, 1.807) is 0 Å². The average Bonchev–Trinajstić information content (AvgIpc) is 2.93. The lowest BCUT2D eigenvalue weighted by Crippen LogP contribution is -2.42. The minimum absolute atomic E-state index is 0.221. The summed E-state index contributed by atoms with van der Waals surface area (Å²) in [6, 6.07) is 7.66. The third kappa shape index (κ3) is 5.42. The summed E-state index contributed by atoms with van der Waals surface area (Å²) in [6.45, 7) is 5.42. The Kier molecular flexibility index (Phi) is 6.43. The smallest absolute Gasteiger partial charge is 0.248 e. The number of nitrogens with one attached hydrogen (secondary N) is 2.